The molecule has 1 aliphatic rings. The highest BCUT2D eigenvalue weighted by molar-refractivity contribution is 6.30. The van der Waals surface area contributed by atoms with E-state index in [2.05, 4.69) is 27.7 Å². The molecular weight excluding hydrogens is 410 g/mol. The number of benzene rings is 2. The number of likely N-dealkylation sites (tertiary alicyclic amines) is 1. The maximum Gasteiger partial charge on any atom is 0.251 e. The second kappa shape index (κ2) is 10.8. The van der Waals surface area contributed by atoms with Crippen molar-refractivity contribution in [3.8, 4) is 0 Å². The van der Waals surface area contributed by atoms with E-state index in [-0.39, 0.29) is 23.8 Å². The second-order valence-electron chi connectivity index (χ2n) is 8.75. The Labute approximate surface area is 190 Å². The van der Waals surface area contributed by atoms with E-state index >= 15 is 0 Å². The molecule has 2 aromatic carbocycles. The third-order valence-corrected chi connectivity index (χ3v) is 6.05. The lowest BCUT2D eigenvalue weighted by Gasteiger charge is -2.33. The zero-order valence-electron chi connectivity index (χ0n) is 18.5. The van der Waals surface area contributed by atoms with Gasteiger partial charge in [0.2, 0.25) is 5.91 Å². The van der Waals surface area contributed by atoms with Crippen molar-refractivity contribution in [3.63, 3.8) is 0 Å². The average Bonchev–Trinajstić information content (AvgIpc) is 2.75. The molecule has 0 spiro atoms. The minimum absolute atomic E-state index is 0.000563. The van der Waals surface area contributed by atoms with Crippen molar-refractivity contribution < 1.29 is 9.59 Å². The van der Waals surface area contributed by atoms with Gasteiger partial charge in [-0.3, -0.25) is 14.5 Å². The highest BCUT2D eigenvalue weighted by atomic mass is 35.5. The van der Waals surface area contributed by atoms with Crippen LogP contribution in [0.4, 0.5) is 0 Å². The van der Waals surface area contributed by atoms with Crippen LogP contribution in [0.25, 0.3) is 0 Å². The Hall–Kier alpha value is -2.37. The molecule has 0 aromatic heterocycles. The van der Waals surface area contributed by atoms with Crippen molar-refractivity contribution in [1.82, 2.24) is 15.5 Å². The summed E-state index contributed by atoms with van der Waals surface area (Å²) in [6.45, 7) is 8.62. The van der Waals surface area contributed by atoms with Crippen LogP contribution < -0.4 is 10.6 Å². The minimum atomic E-state index is -0.555. The minimum Gasteiger partial charge on any atom is -0.351 e. The normalized spacial score (nSPS) is 16.2. The number of piperidine rings is 1. The molecule has 0 saturated carbocycles. The van der Waals surface area contributed by atoms with Gasteiger partial charge in [0.15, 0.2) is 0 Å². The fourth-order valence-corrected chi connectivity index (χ4v) is 3.96. The monoisotopic (exact) mass is 441 g/mol. The van der Waals surface area contributed by atoms with Crippen LogP contribution in [0.1, 0.15) is 48.2 Å². The molecule has 0 bridgehead atoms. The SMILES string of the molecule is Cc1ccc(C(=O)NC(C(=O)NC2CCN(Cc3ccc(Cl)cc3)CC2)C(C)C)cc1. The summed E-state index contributed by atoms with van der Waals surface area (Å²) in [4.78, 5) is 27.9. The van der Waals surface area contributed by atoms with Crippen LogP contribution in [0, 0.1) is 12.8 Å². The Morgan fingerprint density at radius 1 is 1.03 bits per heavy atom. The van der Waals surface area contributed by atoms with Crippen molar-refractivity contribution in [2.45, 2.75) is 52.2 Å². The predicted molar refractivity (Wildman–Crippen MR) is 125 cm³/mol. The van der Waals surface area contributed by atoms with E-state index in [1.165, 1.54) is 5.56 Å². The summed E-state index contributed by atoms with van der Waals surface area (Å²) >= 11 is 5.96. The van der Waals surface area contributed by atoms with E-state index in [9.17, 15) is 9.59 Å². The molecule has 1 atom stereocenters. The van der Waals surface area contributed by atoms with E-state index in [1.54, 1.807) is 12.1 Å². The second-order valence-corrected chi connectivity index (χ2v) is 9.18. The maximum absolute atomic E-state index is 12.9. The fraction of sp³-hybridized carbons (Fsp3) is 0.440. The van der Waals surface area contributed by atoms with Gasteiger partial charge in [-0.05, 0) is 55.5 Å². The van der Waals surface area contributed by atoms with E-state index in [4.69, 9.17) is 11.6 Å². The van der Waals surface area contributed by atoms with Gasteiger partial charge in [0, 0.05) is 36.3 Å². The highest BCUT2D eigenvalue weighted by Crippen LogP contribution is 2.16. The number of halogens is 1. The summed E-state index contributed by atoms with van der Waals surface area (Å²) in [5.41, 5.74) is 2.90. The number of carbonyl (C=O) groups is 2. The van der Waals surface area contributed by atoms with Crippen LogP contribution in [-0.2, 0) is 11.3 Å². The zero-order valence-corrected chi connectivity index (χ0v) is 19.3. The first kappa shape index (κ1) is 23.3. The van der Waals surface area contributed by atoms with Gasteiger partial charge in [-0.25, -0.2) is 0 Å². The number of hydrogen-bond donors (Lipinski definition) is 2. The van der Waals surface area contributed by atoms with Crippen molar-refractivity contribution in [1.29, 1.82) is 0 Å². The largest absolute Gasteiger partial charge is 0.351 e. The molecule has 6 heteroatoms. The molecule has 2 aromatic rings. The van der Waals surface area contributed by atoms with Crippen LogP contribution >= 0.6 is 11.6 Å². The fourth-order valence-electron chi connectivity index (χ4n) is 3.84. The van der Waals surface area contributed by atoms with E-state index in [1.807, 2.05) is 45.0 Å². The molecule has 1 heterocycles. The number of aryl methyl sites for hydroxylation is 1. The standard InChI is InChI=1S/C25H32ClN3O2/c1-17(2)23(28-24(30)20-8-4-18(3)5-9-20)25(31)27-22-12-14-29(15-13-22)16-19-6-10-21(26)11-7-19/h4-11,17,22-23H,12-16H2,1-3H3,(H,27,31)(H,28,30). The van der Waals surface area contributed by atoms with Gasteiger partial charge < -0.3 is 10.6 Å². The number of carbonyl (C=O) groups excluding carboxylic acids is 2. The molecule has 3 rings (SSSR count). The lowest BCUT2D eigenvalue weighted by molar-refractivity contribution is -0.125. The van der Waals surface area contributed by atoms with E-state index in [0.29, 0.717) is 5.56 Å². The quantitative estimate of drug-likeness (QED) is 0.677. The van der Waals surface area contributed by atoms with Crippen LogP contribution in [0.15, 0.2) is 48.5 Å². The molecule has 2 N–H and O–H groups in total. The van der Waals surface area contributed by atoms with Gasteiger partial charge in [-0.2, -0.15) is 0 Å². The molecule has 1 saturated heterocycles. The Balaban J connectivity index is 1.50. The first-order chi connectivity index (χ1) is 14.8. The number of hydrogen-bond acceptors (Lipinski definition) is 3. The van der Waals surface area contributed by atoms with Crippen molar-refractivity contribution in [2.24, 2.45) is 5.92 Å². The highest BCUT2D eigenvalue weighted by Gasteiger charge is 2.28. The van der Waals surface area contributed by atoms with Gasteiger partial charge in [0.05, 0.1) is 0 Å². The van der Waals surface area contributed by atoms with Gasteiger partial charge in [0.1, 0.15) is 6.04 Å². The summed E-state index contributed by atoms with van der Waals surface area (Å²) in [5.74, 6) is -0.322. The molecule has 2 amide bonds. The number of rotatable bonds is 7. The van der Waals surface area contributed by atoms with Crippen LogP contribution in [0.2, 0.25) is 5.02 Å². The third kappa shape index (κ3) is 6.81. The first-order valence-electron chi connectivity index (χ1n) is 11.0. The number of nitrogens with one attached hydrogen (secondary N) is 2. The van der Waals surface area contributed by atoms with Gasteiger partial charge in [0.25, 0.3) is 5.91 Å². The molecule has 5 nitrogen and oxygen atoms in total. The number of amides is 2. The molecule has 0 aliphatic carbocycles. The Morgan fingerprint density at radius 3 is 2.23 bits per heavy atom. The van der Waals surface area contributed by atoms with E-state index in [0.717, 1.165) is 43.1 Å². The molecular formula is C25H32ClN3O2. The van der Waals surface area contributed by atoms with Gasteiger partial charge in [-0.1, -0.05) is 55.3 Å². The lowest BCUT2D eigenvalue weighted by Crippen LogP contribution is -2.53. The van der Waals surface area contributed by atoms with Crippen LogP contribution in [-0.4, -0.2) is 41.9 Å². The van der Waals surface area contributed by atoms with Gasteiger partial charge >= 0.3 is 0 Å². The van der Waals surface area contributed by atoms with Crippen LogP contribution in [0.3, 0.4) is 0 Å². The summed E-state index contributed by atoms with van der Waals surface area (Å²) in [7, 11) is 0. The maximum atomic E-state index is 12.9. The third-order valence-electron chi connectivity index (χ3n) is 5.80. The lowest BCUT2D eigenvalue weighted by atomic mass is 9.99. The smallest absolute Gasteiger partial charge is 0.251 e. The van der Waals surface area contributed by atoms with Gasteiger partial charge in [-0.15, -0.1) is 0 Å². The van der Waals surface area contributed by atoms with Crippen molar-refractivity contribution >= 4 is 23.4 Å². The Bertz CT molecular complexity index is 873. The summed E-state index contributed by atoms with van der Waals surface area (Å²) in [6, 6.07) is 14.9. The molecule has 1 fully saturated rings. The van der Waals surface area contributed by atoms with Crippen molar-refractivity contribution in [3.05, 3.63) is 70.2 Å². The molecule has 166 valence electrons. The topological polar surface area (TPSA) is 61.4 Å². The first-order valence-corrected chi connectivity index (χ1v) is 11.3. The molecule has 1 unspecified atom stereocenters. The predicted octanol–water partition coefficient (Wildman–Crippen LogP) is 4.18. The molecule has 1 aliphatic heterocycles. The summed E-state index contributed by atoms with van der Waals surface area (Å²) < 4.78 is 0. The zero-order chi connectivity index (χ0) is 22.4. The summed E-state index contributed by atoms with van der Waals surface area (Å²) in [5, 5.41) is 6.83. The Kier molecular flexibility index (Phi) is 8.10. The molecule has 0 radical (unpaired) electrons. The average molecular weight is 442 g/mol. The summed E-state index contributed by atoms with van der Waals surface area (Å²) in [6.07, 6.45) is 1.80. The van der Waals surface area contributed by atoms with E-state index < -0.39 is 6.04 Å². The number of nitrogens with zero attached hydrogens (tertiary/aromatic N) is 1. The molecule has 31 heavy (non-hydrogen) atoms. The Morgan fingerprint density at radius 2 is 1.65 bits per heavy atom. The van der Waals surface area contributed by atoms with Crippen molar-refractivity contribution in [2.75, 3.05) is 13.1 Å². The van der Waals surface area contributed by atoms with Crippen LogP contribution in [0.5, 0.6) is 0 Å².